The van der Waals surface area contributed by atoms with Crippen molar-refractivity contribution in [1.29, 1.82) is 0 Å². The van der Waals surface area contributed by atoms with Gasteiger partial charge in [0, 0.05) is 34.6 Å². The molecule has 0 saturated heterocycles. The van der Waals surface area contributed by atoms with Crippen molar-refractivity contribution in [1.82, 2.24) is 5.32 Å². The molecule has 2 unspecified atom stereocenters. The second-order valence-corrected chi connectivity index (χ2v) is 9.21. The number of hydrogen-bond acceptors (Lipinski definition) is 3. The molecule has 0 spiro atoms. The molecule has 4 nitrogen and oxygen atoms in total. The zero-order valence-electron chi connectivity index (χ0n) is 20.7. The monoisotopic (exact) mass is 457 g/mol. The fraction of sp³-hybridized carbons (Fsp3) is 0.367. The maximum atomic E-state index is 13.2. The zero-order chi connectivity index (χ0) is 24.7. The number of Topliss-reactive ketones (excluding diaryl/α,β-unsaturated/α-hetero) is 2. The van der Waals surface area contributed by atoms with Crippen molar-refractivity contribution in [2.75, 3.05) is 0 Å². The highest BCUT2D eigenvalue weighted by Crippen LogP contribution is 2.37. The highest BCUT2D eigenvalue weighted by molar-refractivity contribution is 6.25. The van der Waals surface area contributed by atoms with E-state index in [-0.39, 0.29) is 29.4 Å². The molecule has 1 aliphatic rings. The summed E-state index contributed by atoms with van der Waals surface area (Å²) < 4.78 is 0. The fourth-order valence-corrected chi connectivity index (χ4v) is 4.65. The van der Waals surface area contributed by atoms with Crippen LogP contribution in [0.2, 0.25) is 0 Å². The van der Waals surface area contributed by atoms with E-state index in [1.54, 1.807) is 20.8 Å². The molecule has 2 aromatic carbocycles. The van der Waals surface area contributed by atoms with Crippen LogP contribution in [0.3, 0.4) is 0 Å². The third kappa shape index (κ3) is 5.99. The van der Waals surface area contributed by atoms with Gasteiger partial charge in [0.2, 0.25) is 5.91 Å². The van der Waals surface area contributed by atoms with Crippen LogP contribution in [-0.4, -0.2) is 17.5 Å². The largest absolute Gasteiger partial charge is 0.350 e. The van der Waals surface area contributed by atoms with Crippen molar-refractivity contribution < 1.29 is 14.4 Å². The van der Waals surface area contributed by atoms with E-state index < -0.39 is 0 Å². The molecule has 4 heteroatoms. The summed E-state index contributed by atoms with van der Waals surface area (Å²) in [5, 5.41) is 3.07. The Morgan fingerprint density at radius 1 is 0.735 bits per heavy atom. The lowest BCUT2D eigenvalue weighted by Gasteiger charge is -2.26. The molecule has 2 atom stereocenters. The molecule has 0 saturated carbocycles. The SMILES string of the molecule is CC1=C(C)C(=O)C(C(CCCCCC(=O)NC(C)c2ccccc2)c2ccccc2)=C(C)C1=O. The number of carbonyl (C=O) groups excluding carboxylic acids is 3. The van der Waals surface area contributed by atoms with Gasteiger partial charge in [-0.15, -0.1) is 0 Å². The van der Waals surface area contributed by atoms with Crippen LogP contribution < -0.4 is 5.32 Å². The molecule has 0 heterocycles. The molecule has 0 aliphatic heterocycles. The van der Waals surface area contributed by atoms with E-state index >= 15 is 0 Å². The summed E-state index contributed by atoms with van der Waals surface area (Å²) in [6.07, 6.45) is 3.80. The van der Waals surface area contributed by atoms with Crippen LogP contribution in [-0.2, 0) is 14.4 Å². The maximum absolute atomic E-state index is 13.2. The first-order valence-corrected chi connectivity index (χ1v) is 12.2. The van der Waals surface area contributed by atoms with Crippen LogP contribution in [0, 0.1) is 0 Å². The van der Waals surface area contributed by atoms with Gasteiger partial charge in [-0.3, -0.25) is 14.4 Å². The number of unbranched alkanes of at least 4 members (excludes halogenated alkanes) is 2. The van der Waals surface area contributed by atoms with Crippen LogP contribution in [0.15, 0.2) is 83.0 Å². The van der Waals surface area contributed by atoms with Gasteiger partial charge >= 0.3 is 0 Å². The number of allylic oxidation sites excluding steroid dienone is 4. The standard InChI is InChI=1S/C30H35NO3/c1-20-21(2)30(34)28(22(3)29(20)33)26(25-16-10-6-11-17-25)18-12-7-13-19-27(32)31-23(4)24-14-8-5-9-15-24/h5-6,8-11,14-17,23,26H,7,12-13,18-19H2,1-4H3,(H,31,32). The number of carbonyl (C=O) groups is 3. The van der Waals surface area contributed by atoms with Gasteiger partial charge in [-0.1, -0.05) is 73.5 Å². The number of rotatable bonds is 10. The summed E-state index contributed by atoms with van der Waals surface area (Å²) in [5.74, 6) is -0.110. The lowest BCUT2D eigenvalue weighted by Crippen LogP contribution is -2.26. The summed E-state index contributed by atoms with van der Waals surface area (Å²) >= 11 is 0. The zero-order valence-corrected chi connectivity index (χ0v) is 20.7. The highest BCUT2D eigenvalue weighted by Gasteiger charge is 2.33. The first-order valence-electron chi connectivity index (χ1n) is 12.2. The van der Waals surface area contributed by atoms with Crippen LogP contribution in [0.4, 0.5) is 0 Å². The molecule has 1 aliphatic carbocycles. The van der Waals surface area contributed by atoms with E-state index in [1.807, 2.05) is 67.6 Å². The first kappa shape index (κ1) is 25.4. The first-order chi connectivity index (χ1) is 16.3. The van der Waals surface area contributed by atoms with E-state index in [2.05, 4.69) is 5.32 Å². The molecule has 0 bridgehead atoms. The van der Waals surface area contributed by atoms with Crippen molar-refractivity contribution >= 4 is 17.5 Å². The summed E-state index contributed by atoms with van der Waals surface area (Å²) in [6.45, 7) is 7.25. The van der Waals surface area contributed by atoms with E-state index in [0.717, 1.165) is 36.8 Å². The van der Waals surface area contributed by atoms with E-state index in [0.29, 0.717) is 28.7 Å². The summed E-state index contributed by atoms with van der Waals surface area (Å²) in [7, 11) is 0. The Labute approximate surface area is 203 Å². The molecule has 3 rings (SSSR count). The second kappa shape index (κ2) is 11.7. The Hall–Kier alpha value is -3.27. The molecule has 0 fully saturated rings. The van der Waals surface area contributed by atoms with Gasteiger partial charge in [0.15, 0.2) is 11.6 Å². The molecule has 0 radical (unpaired) electrons. The smallest absolute Gasteiger partial charge is 0.220 e. The van der Waals surface area contributed by atoms with Crippen molar-refractivity contribution in [3.05, 3.63) is 94.1 Å². The van der Waals surface area contributed by atoms with E-state index in [4.69, 9.17) is 0 Å². The number of benzene rings is 2. The molecule has 2 aromatic rings. The Morgan fingerprint density at radius 2 is 1.29 bits per heavy atom. The number of ketones is 2. The summed E-state index contributed by atoms with van der Waals surface area (Å²) in [6, 6.07) is 19.9. The molecule has 1 amide bonds. The molecule has 178 valence electrons. The lowest BCUT2D eigenvalue weighted by molar-refractivity contribution is -0.121. The van der Waals surface area contributed by atoms with Crippen molar-refractivity contribution in [3.63, 3.8) is 0 Å². The highest BCUT2D eigenvalue weighted by atomic mass is 16.2. The fourth-order valence-electron chi connectivity index (χ4n) is 4.65. The molecule has 0 aromatic heterocycles. The molecule has 1 N–H and O–H groups in total. The number of amides is 1. The summed E-state index contributed by atoms with van der Waals surface area (Å²) in [4.78, 5) is 38.3. The minimum Gasteiger partial charge on any atom is -0.350 e. The Morgan fingerprint density at radius 3 is 1.91 bits per heavy atom. The minimum atomic E-state index is -0.118. The lowest BCUT2D eigenvalue weighted by atomic mass is 9.76. The normalized spacial score (nSPS) is 16.0. The van der Waals surface area contributed by atoms with Gasteiger partial charge in [0.05, 0.1) is 6.04 Å². The van der Waals surface area contributed by atoms with Crippen molar-refractivity contribution in [3.8, 4) is 0 Å². The van der Waals surface area contributed by atoms with Crippen molar-refractivity contribution in [2.45, 2.75) is 71.8 Å². The minimum absolute atomic E-state index is 0.0133. The third-order valence-corrected chi connectivity index (χ3v) is 6.86. The van der Waals surface area contributed by atoms with E-state index in [9.17, 15) is 14.4 Å². The average Bonchev–Trinajstić information content (AvgIpc) is 2.86. The predicted molar refractivity (Wildman–Crippen MR) is 136 cm³/mol. The van der Waals surface area contributed by atoms with Crippen LogP contribution >= 0.6 is 0 Å². The number of nitrogens with one attached hydrogen (secondary N) is 1. The van der Waals surface area contributed by atoms with Crippen molar-refractivity contribution in [2.24, 2.45) is 0 Å². The van der Waals surface area contributed by atoms with E-state index in [1.165, 1.54) is 0 Å². The average molecular weight is 458 g/mol. The third-order valence-electron chi connectivity index (χ3n) is 6.86. The molecular formula is C30H35NO3. The number of hydrogen-bond donors (Lipinski definition) is 1. The summed E-state index contributed by atoms with van der Waals surface area (Å²) in [5.41, 5.74) is 4.45. The van der Waals surface area contributed by atoms with Gasteiger partial charge in [-0.05, 0) is 51.7 Å². The van der Waals surface area contributed by atoms with Gasteiger partial charge in [0.1, 0.15) is 0 Å². The van der Waals surface area contributed by atoms with Crippen LogP contribution in [0.25, 0.3) is 0 Å². The molecule has 34 heavy (non-hydrogen) atoms. The molecular weight excluding hydrogens is 422 g/mol. The van der Waals surface area contributed by atoms with Gasteiger partial charge in [-0.25, -0.2) is 0 Å². The maximum Gasteiger partial charge on any atom is 0.220 e. The Bertz CT molecular complexity index is 1100. The second-order valence-electron chi connectivity index (χ2n) is 9.21. The van der Waals surface area contributed by atoms with Crippen LogP contribution in [0.1, 0.15) is 82.9 Å². The van der Waals surface area contributed by atoms with Crippen LogP contribution in [0.5, 0.6) is 0 Å². The predicted octanol–water partition coefficient (Wildman–Crippen LogP) is 6.40. The quantitative estimate of drug-likeness (QED) is 0.331. The van der Waals surface area contributed by atoms with Gasteiger partial charge in [-0.2, -0.15) is 0 Å². The Balaban J connectivity index is 1.59. The topological polar surface area (TPSA) is 63.2 Å². The van der Waals surface area contributed by atoms with Gasteiger partial charge < -0.3 is 5.32 Å². The Kier molecular flexibility index (Phi) is 8.75. The van der Waals surface area contributed by atoms with Gasteiger partial charge in [0.25, 0.3) is 0 Å².